The van der Waals surface area contributed by atoms with Gasteiger partial charge in [-0.15, -0.1) is 6.58 Å². The predicted octanol–water partition coefficient (Wildman–Crippen LogP) is 2.46. The van der Waals surface area contributed by atoms with Crippen LogP contribution in [0.15, 0.2) is 24.3 Å². The highest BCUT2D eigenvalue weighted by Gasteiger charge is 2.20. The molecule has 72 valence electrons. The van der Waals surface area contributed by atoms with Crippen LogP contribution in [0.5, 0.6) is 0 Å². The van der Waals surface area contributed by atoms with E-state index >= 15 is 0 Å². The first-order valence-electron chi connectivity index (χ1n) is 4.76. The van der Waals surface area contributed by atoms with Crippen molar-refractivity contribution in [3.8, 4) is 0 Å². The maximum absolute atomic E-state index is 11.3. The van der Waals surface area contributed by atoms with Gasteiger partial charge in [0, 0.05) is 5.57 Å². The summed E-state index contributed by atoms with van der Waals surface area (Å²) in [6.07, 6.45) is 6.80. The third kappa shape index (κ3) is 2.72. The molecule has 0 amide bonds. The van der Waals surface area contributed by atoms with E-state index in [4.69, 9.17) is 4.74 Å². The monoisotopic (exact) mass is 180 g/mol. The van der Waals surface area contributed by atoms with Crippen LogP contribution in [-0.4, -0.2) is 12.6 Å². The van der Waals surface area contributed by atoms with E-state index in [9.17, 15) is 4.79 Å². The van der Waals surface area contributed by atoms with Crippen LogP contribution in [0.4, 0.5) is 0 Å². The number of carbonyl (C=O) groups excluding carboxylic acids is 1. The number of ether oxygens (including phenoxy) is 1. The van der Waals surface area contributed by atoms with Crippen LogP contribution in [0.25, 0.3) is 0 Å². The van der Waals surface area contributed by atoms with Crippen molar-refractivity contribution >= 4 is 5.97 Å². The summed E-state index contributed by atoms with van der Waals surface area (Å²) >= 11 is 0. The van der Waals surface area contributed by atoms with Crippen LogP contribution in [0, 0.1) is 5.92 Å². The first kappa shape index (κ1) is 10.0. The smallest absolute Gasteiger partial charge is 0.333 e. The molecule has 1 aliphatic rings. The number of allylic oxidation sites excluding steroid dienone is 2. The molecule has 1 aliphatic carbocycles. The van der Waals surface area contributed by atoms with E-state index in [0.29, 0.717) is 12.5 Å². The van der Waals surface area contributed by atoms with E-state index in [-0.39, 0.29) is 5.97 Å². The maximum Gasteiger partial charge on any atom is 0.333 e. The predicted molar refractivity (Wildman–Crippen MR) is 52.3 cm³/mol. The first-order chi connectivity index (χ1) is 6.27. The van der Waals surface area contributed by atoms with Crippen molar-refractivity contribution < 1.29 is 9.53 Å². The Morgan fingerprint density at radius 1 is 1.85 bits per heavy atom. The van der Waals surface area contributed by atoms with Crippen LogP contribution in [0.1, 0.15) is 26.2 Å². The zero-order valence-electron chi connectivity index (χ0n) is 8.08. The van der Waals surface area contributed by atoms with Gasteiger partial charge in [0.2, 0.25) is 0 Å². The zero-order chi connectivity index (χ0) is 9.68. The Bertz CT molecular complexity index is 228. The summed E-state index contributed by atoms with van der Waals surface area (Å²) in [4.78, 5) is 11.3. The van der Waals surface area contributed by atoms with Gasteiger partial charge in [-0.2, -0.15) is 0 Å². The van der Waals surface area contributed by atoms with Crippen molar-refractivity contribution in [1.29, 1.82) is 0 Å². The lowest BCUT2D eigenvalue weighted by molar-refractivity contribution is -0.138. The second kappa shape index (κ2) is 4.85. The Balaban J connectivity index is 2.48. The second-order valence-electron chi connectivity index (χ2n) is 3.24. The van der Waals surface area contributed by atoms with Crippen molar-refractivity contribution in [2.24, 2.45) is 5.92 Å². The number of esters is 1. The van der Waals surface area contributed by atoms with Gasteiger partial charge in [0.05, 0.1) is 6.61 Å². The molecule has 0 aliphatic heterocycles. The Labute approximate surface area is 79.3 Å². The maximum atomic E-state index is 11.3. The van der Waals surface area contributed by atoms with Gasteiger partial charge >= 0.3 is 5.97 Å². The van der Waals surface area contributed by atoms with Gasteiger partial charge in [0.15, 0.2) is 0 Å². The van der Waals surface area contributed by atoms with Crippen LogP contribution < -0.4 is 0 Å². The van der Waals surface area contributed by atoms with Gasteiger partial charge < -0.3 is 4.74 Å². The minimum Gasteiger partial charge on any atom is -0.463 e. The summed E-state index contributed by atoms with van der Waals surface area (Å²) in [6, 6.07) is 0. The molecule has 0 aromatic heterocycles. The fourth-order valence-corrected chi connectivity index (χ4v) is 1.59. The van der Waals surface area contributed by atoms with E-state index < -0.39 is 0 Å². The van der Waals surface area contributed by atoms with E-state index in [1.54, 1.807) is 0 Å². The van der Waals surface area contributed by atoms with E-state index in [1.165, 1.54) is 0 Å². The number of hydrogen-bond acceptors (Lipinski definition) is 2. The summed E-state index contributed by atoms with van der Waals surface area (Å²) in [5.41, 5.74) is 0.841. The minimum absolute atomic E-state index is 0.144. The first-order valence-corrected chi connectivity index (χ1v) is 4.76. The largest absolute Gasteiger partial charge is 0.463 e. The zero-order valence-corrected chi connectivity index (χ0v) is 8.08. The van der Waals surface area contributed by atoms with E-state index in [0.717, 1.165) is 24.8 Å². The Morgan fingerprint density at radius 3 is 3.23 bits per heavy atom. The van der Waals surface area contributed by atoms with Gasteiger partial charge in [0.25, 0.3) is 0 Å². The third-order valence-corrected chi connectivity index (χ3v) is 2.23. The van der Waals surface area contributed by atoms with Gasteiger partial charge in [0.1, 0.15) is 0 Å². The SMILES string of the molecule is C=CCC1C=C(C(=O)OCC)CC1. The van der Waals surface area contributed by atoms with Crippen LogP contribution in [0.2, 0.25) is 0 Å². The molecule has 0 saturated carbocycles. The summed E-state index contributed by atoms with van der Waals surface area (Å²) < 4.78 is 4.92. The van der Waals surface area contributed by atoms with Crippen LogP contribution in [-0.2, 0) is 9.53 Å². The highest BCUT2D eigenvalue weighted by atomic mass is 16.5. The van der Waals surface area contributed by atoms with Gasteiger partial charge in [-0.25, -0.2) is 4.79 Å². The van der Waals surface area contributed by atoms with E-state index in [1.807, 2.05) is 19.1 Å². The van der Waals surface area contributed by atoms with Gasteiger partial charge in [-0.05, 0) is 32.1 Å². The van der Waals surface area contributed by atoms with Gasteiger partial charge in [-0.3, -0.25) is 0 Å². The average molecular weight is 180 g/mol. The standard InChI is InChI=1S/C11H16O2/c1-3-5-9-6-7-10(8-9)11(12)13-4-2/h3,8-9H,1,4-7H2,2H3. The molecule has 1 unspecified atom stereocenters. The van der Waals surface area contributed by atoms with Crippen LogP contribution in [0.3, 0.4) is 0 Å². The molecule has 1 rings (SSSR count). The van der Waals surface area contributed by atoms with Crippen molar-refractivity contribution in [3.63, 3.8) is 0 Å². The minimum atomic E-state index is -0.144. The average Bonchev–Trinajstić information content (AvgIpc) is 2.54. The fraction of sp³-hybridized carbons (Fsp3) is 0.545. The molecule has 0 aromatic carbocycles. The Hall–Kier alpha value is -1.05. The highest BCUT2D eigenvalue weighted by Crippen LogP contribution is 2.27. The third-order valence-electron chi connectivity index (χ3n) is 2.23. The molecule has 0 fully saturated rings. The second-order valence-corrected chi connectivity index (χ2v) is 3.24. The quantitative estimate of drug-likeness (QED) is 0.490. The van der Waals surface area contributed by atoms with E-state index in [2.05, 4.69) is 6.58 Å². The summed E-state index contributed by atoms with van der Waals surface area (Å²) in [5.74, 6) is 0.353. The molecule has 13 heavy (non-hydrogen) atoms. The Kier molecular flexibility index (Phi) is 3.74. The lowest BCUT2D eigenvalue weighted by atomic mass is 10.1. The molecule has 0 bridgehead atoms. The fourth-order valence-electron chi connectivity index (χ4n) is 1.59. The molecular weight excluding hydrogens is 164 g/mol. The molecular formula is C11H16O2. The van der Waals surface area contributed by atoms with Crippen molar-refractivity contribution in [1.82, 2.24) is 0 Å². The van der Waals surface area contributed by atoms with Gasteiger partial charge in [-0.1, -0.05) is 12.2 Å². The molecule has 0 radical (unpaired) electrons. The summed E-state index contributed by atoms with van der Waals surface area (Å²) in [6.45, 7) is 5.97. The summed E-state index contributed by atoms with van der Waals surface area (Å²) in [7, 11) is 0. The molecule has 0 spiro atoms. The molecule has 1 atom stereocenters. The number of rotatable bonds is 4. The molecule has 2 heteroatoms. The lowest BCUT2D eigenvalue weighted by Gasteiger charge is -1.99. The molecule has 0 N–H and O–H groups in total. The van der Waals surface area contributed by atoms with Crippen molar-refractivity contribution in [3.05, 3.63) is 24.3 Å². The molecule has 0 heterocycles. The normalized spacial score (nSPS) is 21.0. The number of hydrogen-bond donors (Lipinski definition) is 0. The summed E-state index contributed by atoms with van der Waals surface area (Å²) in [5, 5.41) is 0. The number of carbonyl (C=O) groups is 1. The highest BCUT2D eigenvalue weighted by molar-refractivity contribution is 5.88. The lowest BCUT2D eigenvalue weighted by Crippen LogP contribution is -2.05. The Morgan fingerprint density at radius 2 is 2.62 bits per heavy atom. The topological polar surface area (TPSA) is 26.3 Å². The van der Waals surface area contributed by atoms with Crippen molar-refractivity contribution in [2.75, 3.05) is 6.61 Å². The molecule has 0 aromatic rings. The van der Waals surface area contributed by atoms with Crippen molar-refractivity contribution in [2.45, 2.75) is 26.2 Å². The molecule has 2 nitrogen and oxygen atoms in total. The molecule has 0 saturated heterocycles. The van der Waals surface area contributed by atoms with Crippen LogP contribution >= 0.6 is 0 Å².